The minimum absolute atomic E-state index is 0.00148. The number of rotatable bonds is 9. The summed E-state index contributed by atoms with van der Waals surface area (Å²) in [4.78, 5) is 99.6. The predicted molar refractivity (Wildman–Crippen MR) is 225 cm³/mol. The lowest BCUT2D eigenvalue weighted by molar-refractivity contribution is -0.147. The maximum absolute atomic E-state index is 14.4. The summed E-state index contributed by atoms with van der Waals surface area (Å²) in [6.45, 7) is 5.70. The summed E-state index contributed by atoms with van der Waals surface area (Å²) < 4.78 is 10.4. The van der Waals surface area contributed by atoms with Crippen LogP contribution in [0.4, 0.5) is 4.79 Å². The number of ether oxygens (including phenoxy) is 2. The van der Waals surface area contributed by atoms with Gasteiger partial charge in [-0.05, 0) is 58.4 Å². The van der Waals surface area contributed by atoms with E-state index in [1.54, 1.807) is 20.8 Å². The van der Waals surface area contributed by atoms with Crippen LogP contribution >= 0.6 is 0 Å². The van der Waals surface area contributed by atoms with Crippen LogP contribution in [0, 0.1) is 5.92 Å². The van der Waals surface area contributed by atoms with Gasteiger partial charge < -0.3 is 87.3 Å². The van der Waals surface area contributed by atoms with Gasteiger partial charge in [-0.1, -0.05) is 13.0 Å². The van der Waals surface area contributed by atoms with Gasteiger partial charge in [-0.3, -0.25) is 28.8 Å². The summed E-state index contributed by atoms with van der Waals surface area (Å²) in [5.74, 6) is -7.65. The Morgan fingerprint density at radius 2 is 1.49 bits per heavy atom. The van der Waals surface area contributed by atoms with Crippen molar-refractivity contribution in [2.24, 2.45) is 11.7 Å². The van der Waals surface area contributed by atoms with E-state index in [0.717, 1.165) is 16.7 Å². The fourth-order valence-electron chi connectivity index (χ4n) is 7.91. The van der Waals surface area contributed by atoms with Crippen molar-refractivity contribution in [2.75, 3.05) is 33.3 Å². The van der Waals surface area contributed by atoms with Crippen LogP contribution < -0.4 is 37.1 Å². The summed E-state index contributed by atoms with van der Waals surface area (Å²) in [5, 5.41) is 88.8. The van der Waals surface area contributed by atoms with Crippen molar-refractivity contribution < 1.29 is 78.8 Å². The number of phenolic OH excluding ortho intramolecular Hbond substituents is 1. The molecule has 14 N–H and O–H groups in total. The number of nitrogens with two attached hydrogens (primary N) is 1. The van der Waals surface area contributed by atoms with Gasteiger partial charge >= 0.3 is 6.09 Å². The van der Waals surface area contributed by atoms with Crippen LogP contribution in [0.1, 0.15) is 59.4 Å². The highest BCUT2D eigenvalue weighted by atomic mass is 16.6. The molecular formula is C41H64N8O16. The van der Waals surface area contributed by atoms with Gasteiger partial charge in [0.1, 0.15) is 41.9 Å². The Hall–Kier alpha value is -5.37. The van der Waals surface area contributed by atoms with E-state index in [9.17, 15) is 69.3 Å². The van der Waals surface area contributed by atoms with Crippen LogP contribution in [0.15, 0.2) is 18.2 Å². The minimum atomic E-state index is -2.00. The lowest BCUT2D eigenvalue weighted by atomic mass is 9.98. The van der Waals surface area contributed by atoms with Crippen LogP contribution in [0.5, 0.6) is 11.5 Å². The molecule has 0 radical (unpaired) electrons. The van der Waals surface area contributed by atoms with Gasteiger partial charge in [-0.25, -0.2) is 4.79 Å². The second-order valence-electron chi connectivity index (χ2n) is 17.8. The van der Waals surface area contributed by atoms with Crippen LogP contribution in [0.25, 0.3) is 0 Å². The van der Waals surface area contributed by atoms with E-state index < -0.39 is 158 Å². The SMILES string of the molecule is COc1cc(C[C@@H](O)[C@@H]2NC(=O)[C@@H]3C[C@@H](O)CN3C(=O)[C@H]([C@@H](C)O)NC(=O)[C@@H](NC(=O)OC(C)(C)C)C[C@@H](O)CNC(=O)[C@@H]3[C@@H](O)[C@@H](C)CN3C(=O)[C@H]([C@H](O)CCN)NC2=O)ccc1O. The maximum atomic E-state index is 14.4. The molecule has 3 heterocycles. The quantitative estimate of drug-likeness (QED) is 0.110. The van der Waals surface area contributed by atoms with E-state index in [1.807, 2.05) is 0 Å². The molecule has 0 saturated carbocycles. The van der Waals surface area contributed by atoms with Crippen molar-refractivity contribution in [1.29, 1.82) is 0 Å². The van der Waals surface area contributed by atoms with E-state index in [4.69, 9.17) is 15.2 Å². The molecule has 364 valence electrons. The Morgan fingerprint density at radius 3 is 2.11 bits per heavy atom. The van der Waals surface area contributed by atoms with Crippen molar-refractivity contribution in [3.8, 4) is 11.5 Å². The number of amides is 7. The average Bonchev–Trinajstić information content (AvgIpc) is 3.76. The number of hydrogen-bond acceptors (Lipinski definition) is 17. The highest BCUT2D eigenvalue weighted by Crippen LogP contribution is 2.28. The molecule has 3 aliphatic rings. The number of benzene rings is 1. The second-order valence-corrected chi connectivity index (χ2v) is 17.8. The van der Waals surface area contributed by atoms with E-state index in [0.29, 0.717) is 0 Å². The maximum Gasteiger partial charge on any atom is 0.408 e. The number of fused-ring (bicyclic) bond motifs is 2. The smallest absolute Gasteiger partial charge is 0.408 e. The number of alkyl carbamates (subject to hydrolysis) is 1. The Kier molecular flexibility index (Phi) is 17.9. The van der Waals surface area contributed by atoms with Gasteiger partial charge in [-0.2, -0.15) is 0 Å². The second kappa shape index (κ2) is 22.2. The molecule has 7 amide bonds. The van der Waals surface area contributed by atoms with Crippen molar-refractivity contribution in [1.82, 2.24) is 36.4 Å². The van der Waals surface area contributed by atoms with Crippen molar-refractivity contribution >= 4 is 41.5 Å². The van der Waals surface area contributed by atoms with Gasteiger partial charge in [0.05, 0.1) is 43.7 Å². The molecule has 3 aliphatic heterocycles. The van der Waals surface area contributed by atoms with Crippen molar-refractivity contribution in [3.05, 3.63) is 23.8 Å². The number of aliphatic hydroxyl groups excluding tert-OH is 6. The highest BCUT2D eigenvalue weighted by Gasteiger charge is 2.49. The number of nitrogens with zero attached hydrogens (tertiary/aromatic N) is 2. The third-order valence-corrected chi connectivity index (χ3v) is 11.3. The summed E-state index contributed by atoms with van der Waals surface area (Å²) in [6, 6.07) is -6.73. The molecular weight excluding hydrogens is 860 g/mol. The number of carbonyl (C=O) groups is 7. The van der Waals surface area contributed by atoms with Gasteiger partial charge in [-0.15, -0.1) is 0 Å². The number of aromatic hydroxyl groups is 1. The normalized spacial score (nSPS) is 30.4. The zero-order valence-electron chi connectivity index (χ0n) is 37.2. The highest BCUT2D eigenvalue weighted by molar-refractivity contribution is 5.98. The summed E-state index contributed by atoms with van der Waals surface area (Å²) in [7, 11) is 1.27. The third kappa shape index (κ3) is 13.4. The molecule has 3 saturated heterocycles. The number of aliphatic hydroxyl groups is 6. The van der Waals surface area contributed by atoms with E-state index in [1.165, 1.54) is 32.2 Å². The fourth-order valence-corrected chi connectivity index (χ4v) is 7.91. The first-order chi connectivity index (χ1) is 30.4. The molecule has 65 heavy (non-hydrogen) atoms. The number of methoxy groups -OCH3 is 1. The first-order valence-corrected chi connectivity index (χ1v) is 21.3. The number of nitrogens with one attached hydrogen (secondary N) is 5. The Balaban J connectivity index is 1.83. The Morgan fingerprint density at radius 1 is 0.862 bits per heavy atom. The summed E-state index contributed by atoms with van der Waals surface area (Å²) >= 11 is 0. The zero-order valence-corrected chi connectivity index (χ0v) is 37.2. The van der Waals surface area contributed by atoms with Gasteiger partial charge in [0.25, 0.3) is 0 Å². The number of hydrogen-bond donors (Lipinski definition) is 13. The Bertz CT molecular complexity index is 1900. The van der Waals surface area contributed by atoms with Crippen LogP contribution in [0.2, 0.25) is 0 Å². The first kappa shape index (κ1) is 52.3. The monoisotopic (exact) mass is 924 g/mol. The lowest BCUT2D eigenvalue weighted by Gasteiger charge is -2.34. The number of carbonyl (C=O) groups excluding carboxylic acids is 7. The molecule has 13 atom stereocenters. The Labute approximate surface area is 375 Å². The molecule has 24 nitrogen and oxygen atoms in total. The molecule has 4 rings (SSSR count). The van der Waals surface area contributed by atoms with Crippen molar-refractivity contribution in [3.63, 3.8) is 0 Å². The van der Waals surface area contributed by atoms with Crippen LogP contribution in [-0.4, -0.2) is 199 Å². The molecule has 1 aromatic carbocycles. The molecule has 3 fully saturated rings. The van der Waals surface area contributed by atoms with Crippen molar-refractivity contribution in [2.45, 2.75) is 139 Å². The van der Waals surface area contributed by atoms with Gasteiger partial charge in [0, 0.05) is 44.8 Å². The topological polar surface area (TPSA) is 372 Å². The van der Waals surface area contributed by atoms with E-state index >= 15 is 0 Å². The molecule has 0 bridgehead atoms. The molecule has 0 spiro atoms. The van der Waals surface area contributed by atoms with Gasteiger partial charge in [0.15, 0.2) is 11.5 Å². The standard InChI is InChI=1S/C41H64N8O16/c1-18-16-49-32(33(18)56)37(60)43-15-21(51)13-23(44-40(63)65-41(3,4)5)34(57)45-29(19(2)50)38(61)48-17-22(52)14-24(48)35(58)46-30(36(59)47-31(39(49)62)26(54)9-10-42)27(55)11-20-7-8-25(53)28(12-20)64-6/h7-8,12,18-19,21-24,26-27,29-33,50-56H,9-11,13-17,42H2,1-6H3,(H,43,60)(H,44,63)(H,45,57)(H,46,58)(H,47,59)/t18-,19+,21+,22+,23-,24-,26+,27+,29-,30-,31-,32-,33-/m0/s1. The third-order valence-electron chi connectivity index (χ3n) is 11.3. The largest absolute Gasteiger partial charge is 0.504 e. The average molecular weight is 925 g/mol. The molecule has 24 heteroatoms. The fraction of sp³-hybridized carbons (Fsp3) is 0.683. The minimum Gasteiger partial charge on any atom is -0.504 e. The molecule has 1 aromatic rings. The van der Waals surface area contributed by atoms with Gasteiger partial charge in [0.2, 0.25) is 35.4 Å². The molecule has 0 aliphatic carbocycles. The lowest BCUT2D eigenvalue weighted by Crippen LogP contribution is -2.64. The van der Waals surface area contributed by atoms with E-state index in [2.05, 4.69) is 26.6 Å². The molecule has 0 aromatic heterocycles. The zero-order chi connectivity index (χ0) is 48.7. The number of β-amino-alcohol motifs (C(OH)–C–C–N with tert-alkyl or cyclic N) is 1. The first-order valence-electron chi connectivity index (χ1n) is 21.3. The molecule has 0 unspecified atom stereocenters. The van der Waals surface area contributed by atoms with E-state index in [-0.39, 0.29) is 36.6 Å². The summed E-state index contributed by atoms with van der Waals surface area (Å²) in [5.41, 5.74) is 4.95. The van der Waals surface area contributed by atoms with Crippen LogP contribution in [-0.2, 0) is 39.9 Å². The number of phenols is 1. The summed E-state index contributed by atoms with van der Waals surface area (Å²) in [6.07, 6.45) is -12.6. The van der Waals surface area contributed by atoms with Crippen LogP contribution in [0.3, 0.4) is 0 Å². The predicted octanol–water partition coefficient (Wildman–Crippen LogP) is -5.21.